The minimum absolute atomic E-state index is 0.0408. The van der Waals surface area contributed by atoms with Crippen LogP contribution in [0.1, 0.15) is 25.3 Å². The van der Waals surface area contributed by atoms with E-state index in [-0.39, 0.29) is 25.0 Å². The second-order valence-corrected chi connectivity index (χ2v) is 5.98. The summed E-state index contributed by atoms with van der Waals surface area (Å²) in [5.74, 6) is -1.10. The Hall–Kier alpha value is -2.08. The van der Waals surface area contributed by atoms with Crippen molar-refractivity contribution in [2.75, 3.05) is 26.4 Å². The lowest BCUT2D eigenvalue weighted by molar-refractivity contribution is -0.145. The molecule has 1 aliphatic heterocycles. The van der Waals surface area contributed by atoms with E-state index in [0.717, 1.165) is 6.42 Å². The Morgan fingerprint density at radius 3 is 2.54 bits per heavy atom. The number of carboxylic acid groups (broad SMARTS) is 1. The standard InChI is InChI=1S/C18H25NO5/c1-2-13-3-5-15(6-4-13)24-12-17(20)19-11-16(18(21)22)14-7-9-23-10-8-14/h3-6,14,16H,2,7-12H2,1H3,(H,19,20)(H,21,22). The number of carbonyl (C=O) groups excluding carboxylic acids is 1. The molecular weight excluding hydrogens is 310 g/mol. The van der Waals surface area contributed by atoms with Crippen LogP contribution in [-0.4, -0.2) is 43.3 Å². The van der Waals surface area contributed by atoms with E-state index >= 15 is 0 Å². The predicted molar refractivity (Wildman–Crippen MR) is 89.0 cm³/mol. The fraction of sp³-hybridized carbons (Fsp3) is 0.556. The fourth-order valence-corrected chi connectivity index (χ4v) is 2.82. The molecule has 1 aromatic carbocycles. The van der Waals surface area contributed by atoms with Crippen molar-refractivity contribution in [1.29, 1.82) is 0 Å². The van der Waals surface area contributed by atoms with Gasteiger partial charge in [0.25, 0.3) is 5.91 Å². The Balaban J connectivity index is 1.76. The van der Waals surface area contributed by atoms with Gasteiger partial charge in [0.05, 0.1) is 5.92 Å². The third kappa shape index (κ3) is 5.53. The van der Waals surface area contributed by atoms with E-state index in [9.17, 15) is 14.7 Å². The van der Waals surface area contributed by atoms with E-state index in [1.165, 1.54) is 5.56 Å². The third-order valence-corrected chi connectivity index (χ3v) is 4.37. The van der Waals surface area contributed by atoms with Crippen LogP contribution in [0.5, 0.6) is 5.75 Å². The first-order valence-corrected chi connectivity index (χ1v) is 8.39. The van der Waals surface area contributed by atoms with Crippen LogP contribution in [0.4, 0.5) is 0 Å². The summed E-state index contributed by atoms with van der Waals surface area (Å²) < 4.78 is 10.7. The summed E-state index contributed by atoms with van der Waals surface area (Å²) in [4.78, 5) is 23.3. The molecule has 2 rings (SSSR count). The molecule has 0 spiro atoms. The van der Waals surface area contributed by atoms with Gasteiger partial charge in [-0.05, 0) is 42.9 Å². The van der Waals surface area contributed by atoms with E-state index in [0.29, 0.717) is 31.8 Å². The summed E-state index contributed by atoms with van der Waals surface area (Å²) in [5.41, 5.74) is 1.20. The lowest BCUT2D eigenvalue weighted by Crippen LogP contribution is -2.40. The van der Waals surface area contributed by atoms with Gasteiger partial charge in [-0.1, -0.05) is 19.1 Å². The lowest BCUT2D eigenvalue weighted by atomic mass is 9.86. The summed E-state index contributed by atoms with van der Waals surface area (Å²) in [6.45, 7) is 3.24. The van der Waals surface area contributed by atoms with Crippen molar-refractivity contribution in [3.05, 3.63) is 29.8 Å². The highest BCUT2D eigenvalue weighted by atomic mass is 16.5. The van der Waals surface area contributed by atoms with Crippen molar-refractivity contribution in [3.63, 3.8) is 0 Å². The van der Waals surface area contributed by atoms with E-state index < -0.39 is 11.9 Å². The maximum Gasteiger partial charge on any atom is 0.308 e. The zero-order valence-corrected chi connectivity index (χ0v) is 14.0. The summed E-state index contributed by atoms with van der Waals surface area (Å²) in [5, 5.41) is 12.0. The molecule has 1 aromatic rings. The van der Waals surface area contributed by atoms with Gasteiger partial charge < -0.3 is 19.9 Å². The lowest BCUT2D eigenvalue weighted by Gasteiger charge is -2.27. The summed E-state index contributed by atoms with van der Waals surface area (Å²) in [6, 6.07) is 7.57. The van der Waals surface area contributed by atoms with E-state index in [4.69, 9.17) is 9.47 Å². The van der Waals surface area contributed by atoms with Gasteiger partial charge in [0.15, 0.2) is 6.61 Å². The van der Waals surface area contributed by atoms with Crippen LogP contribution in [0, 0.1) is 11.8 Å². The zero-order chi connectivity index (χ0) is 17.4. The van der Waals surface area contributed by atoms with E-state index in [2.05, 4.69) is 12.2 Å². The Labute approximate surface area is 142 Å². The van der Waals surface area contributed by atoms with Crippen molar-refractivity contribution in [2.45, 2.75) is 26.2 Å². The quantitative estimate of drug-likeness (QED) is 0.757. The van der Waals surface area contributed by atoms with Crippen molar-refractivity contribution in [3.8, 4) is 5.75 Å². The molecule has 1 fully saturated rings. The highest BCUT2D eigenvalue weighted by molar-refractivity contribution is 5.78. The monoisotopic (exact) mass is 335 g/mol. The van der Waals surface area contributed by atoms with Crippen LogP contribution in [-0.2, 0) is 20.7 Å². The van der Waals surface area contributed by atoms with Crippen LogP contribution < -0.4 is 10.1 Å². The molecule has 0 saturated carbocycles. The number of hydrogen-bond acceptors (Lipinski definition) is 4. The number of aryl methyl sites for hydroxylation is 1. The van der Waals surface area contributed by atoms with Gasteiger partial charge in [-0.3, -0.25) is 9.59 Å². The van der Waals surface area contributed by atoms with Crippen LogP contribution >= 0.6 is 0 Å². The number of nitrogens with one attached hydrogen (secondary N) is 1. The molecule has 0 aromatic heterocycles. The number of aliphatic carboxylic acids is 1. The molecule has 24 heavy (non-hydrogen) atoms. The maximum absolute atomic E-state index is 11.9. The van der Waals surface area contributed by atoms with Crippen LogP contribution in [0.2, 0.25) is 0 Å². The highest BCUT2D eigenvalue weighted by Gasteiger charge is 2.29. The Morgan fingerprint density at radius 2 is 1.96 bits per heavy atom. The molecule has 1 amide bonds. The number of hydrogen-bond donors (Lipinski definition) is 2. The summed E-state index contributed by atoms with van der Waals surface area (Å²) in [6.07, 6.45) is 2.38. The normalized spacial score (nSPS) is 16.4. The Morgan fingerprint density at radius 1 is 1.29 bits per heavy atom. The first-order chi connectivity index (χ1) is 11.6. The van der Waals surface area contributed by atoms with Gasteiger partial charge in [-0.25, -0.2) is 0 Å². The predicted octanol–water partition coefficient (Wildman–Crippen LogP) is 1.87. The van der Waals surface area contributed by atoms with E-state index in [1.54, 1.807) is 0 Å². The first kappa shape index (κ1) is 18.3. The third-order valence-electron chi connectivity index (χ3n) is 4.37. The number of carbonyl (C=O) groups is 2. The molecule has 0 aliphatic carbocycles. The minimum Gasteiger partial charge on any atom is -0.484 e. The summed E-state index contributed by atoms with van der Waals surface area (Å²) >= 11 is 0. The van der Waals surface area contributed by atoms with E-state index in [1.807, 2.05) is 24.3 Å². The molecule has 1 heterocycles. The van der Waals surface area contributed by atoms with Gasteiger partial charge in [-0.2, -0.15) is 0 Å². The second-order valence-electron chi connectivity index (χ2n) is 5.98. The maximum atomic E-state index is 11.9. The van der Waals surface area contributed by atoms with Crippen LogP contribution in [0.3, 0.4) is 0 Å². The number of amides is 1. The minimum atomic E-state index is -0.877. The number of ether oxygens (including phenoxy) is 2. The number of rotatable bonds is 8. The van der Waals surface area contributed by atoms with Gasteiger partial charge in [0, 0.05) is 19.8 Å². The Bertz CT molecular complexity index is 537. The molecule has 0 bridgehead atoms. The fourth-order valence-electron chi connectivity index (χ4n) is 2.82. The summed E-state index contributed by atoms with van der Waals surface area (Å²) in [7, 11) is 0. The van der Waals surface area contributed by atoms with Crippen LogP contribution in [0.25, 0.3) is 0 Å². The zero-order valence-electron chi connectivity index (χ0n) is 14.0. The van der Waals surface area contributed by atoms with Crippen molar-refractivity contribution >= 4 is 11.9 Å². The van der Waals surface area contributed by atoms with Crippen LogP contribution in [0.15, 0.2) is 24.3 Å². The average molecular weight is 335 g/mol. The molecule has 6 nitrogen and oxygen atoms in total. The largest absolute Gasteiger partial charge is 0.484 e. The van der Waals surface area contributed by atoms with Gasteiger partial charge in [0.1, 0.15) is 5.75 Å². The molecule has 132 valence electrons. The van der Waals surface area contributed by atoms with Crippen molar-refractivity contribution in [2.24, 2.45) is 11.8 Å². The van der Waals surface area contributed by atoms with Crippen molar-refractivity contribution < 1.29 is 24.2 Å². The molecule has 6 heteroatoms. The topological polar surface area (TPSA) is 84.9 Å². The number of carboxylic acids is 1. The molecule has 1 unspecified atom stereocenters. The van der Waals surface area contributed by atoms with Gasteiger partial charge in [-0.15, -0.1) is 0 Å². The van der Waals surface area contributed by atoms with Crippen molar-refractivity contribution in [1.82, 2.24) is 5.32 Å². The molecule has 1 saturated heterocycles. The molecule has 2 N–H and O–H groups in total. The Kier molecular flexibility index (Phi) is 7.06. The molecule has 0 radical (unpaired) electrons. The average Bonchev–Trinajstić information content (AvgIpc) is 2.61. The molecular formula is C18H25NO5. The molecule has 1 atom stereocenters. The molecule has 1 aliphatic rings. The number of benzene rings is 1. The van der Waals surface area contributed by atoms with Gasteiger partial charge in [0.2, 0.25) is 0 Å². The van der Waals surface area contributed by atoms with Gasteiger partial charge >= 0.3 is 5.97 Å². The first-order valence-electron chi connectivity index (χ1n) is 8.39. The SMILES string of the molecule is CCc1ccc(OCC(=O)NCC(C(=O)O)C2CCOCC2)cc1. The smallest absolute Gasteiger partial charge is 0.308 e. The highest BCUT2D eigenvalue weighted by Crippen LogP contribution is 2.23. The second kappa shape index (κ2) is 9.27.